The number of hydrogen-bond donors (Lipinski definition) is 1. The second-order valence-electron chi connectivity index (χ2n) is 4.44. The van der Waals surface area contributed by atoms with Crippen LogP contribution in [0.1, 0.15) is 28.5 Å². The largest absolute Gasteiger partial charge is 0.479 e. The summed E-state index contributed by atoms with van der Waals surface area (Å²) in [5.74, 6) is -0.977. The van der Waals surface area contributed by atoms with Crippen LogP contribution in [0.5, 0.6) is 0 Å². The van der Waals surface area contributed by atoms with E-state index in [4.69, 9.17) is 14.6 Å². The maximum atomic E-state index is 10.8. The molecule has 92 valence electrons. The van der Waals surface area contributed by atoms with E-state index in [1.165, 1.54) is 5.56 Å². The zero-order chi connectivity index (χ0) is 12.6. The van der Waals surface area contributed by atoms with Crippen LogP contribution in [0.25, 0.3) is 0 Å². The molecular formula is C13H16O4. The molecule has 0 amide bonds. The van der Waals surface area contributed by atoms with Crippen molar-refractivity contribution in [3.8, 4) is 0 Å². The molecule has 1 aromatic rings. The van der Waals surface area contributed by atoms with Gasteiger partial charge >= 0.3 is 5.97 Å². The van der Waals surface area contributed by atoms with Crippen molar-refractivity contribution in [2.45, 2.75) is 33.2 Å². The van der Waals surface area contributed by atoms with Crippen LogP contribution in [-0.4, -0.2) is 23.8 Å². The van der Waals surface area contributed by atoms with Gasteiger partial charge in [0.1, 0.15) is 0 Å². The van der Waals surface area contributed by atoms with E-state index in [-0.39, 0.29) is 6.61 Å². The number of aliphatic carboxylic acids is 1. The fraction of sp³-hybridized carbons (Fsp3) is 0.462. The lowest BCUT2D eigenvalue weighted by Crippen LogP contribution is -2.21. The molecule has 2 atom stereocenters. The Morgan fingerprint density at radius 2 is 1.88 bits per heavy atom. The standard InChI is InChI=1S/C13H16O4/c1-7-4-8(2)11(9(3)5-7)13-16-6-10(17-13)12(14)15/h4-5,10,13H,6H2,1-3H3,(H,14,15)/t10-,13-/m0/s1. The number of aryl methyl sites for hydroxylation is 3. The first kappa shape index (κ1) is 12.1. The first-order chi connectivity index (χ1) is 7.99. The van der Waals surface area contributed by atoms with Crippen molar-refractivity contribution in [3.05, 3.63) is 34.4 Å². The minimum absolute atomic E-state index is 0.104. The molecule has 2 rings (SSSR count). The van der Waals surface area contributed by atoms with E-state index < -0.39 is 18.4 Å². The molecule has 1 aliphatic rings. The van der Waals surface area contributed by atoms with E-state index in [1.807, 2.05) is 32.9 Å². The summed E-state index contributed by atoms with van der Waals surface area (Å²) in [7, 11) is 0. The van der Waals surface area contributed by atoms with Gasteiger partial charge in [0.05, 0.1) is 6.61 Å². The predicted octanol–water partition coefficient (Wildman–Crippen LogP) is 2.11. The van der Waals surface area contributed by atoms with Crippen LogP contribution in [0.2, 0.25) is 0 Å². The number of ether oxygens (including phenoxy) is 2. The molecule has 0 aromatic heterocycles. The highest BCUT2D eigenvalue weighted by molar-refractivity contribution is 5.72. The van der Waals surface area contributed by atoms with Crippen molar-refractivity contribution in [3.63, 3.8) is 0 Å². The van der Waals surface area contributed by atoms with Gasteiger partial charge in [0, 0.05) is 5.56 Å². The molecule has 0 radical (unpaired) electrons. The van der Waals surface area contributed by atoms with E-state index in [0.717, 1.165) is 16.7 Å². The average molecular weight is 236 g/mol. The number of carbonyl (C=O) groups is 1. The molecule has 17 heavy (non-hydrogen) atoms. The topological polar surface area (TPSA) is 55.8 Å². The van der Waals surface area contributed by atoms with Crippen LogP contribution in [-0.2, 0) is 14.3 Å². The Labute approximate surface area is 100 Å². The van der Waals surface area contributed by atoms with Gasteiger partial charge in [0.15, 0.2) is 12.4 Å². The van der Waals surface area contributed by atoms with E-state index in [2.05, 4.69) is 0 Å². The molecule has 1 aromatic carbocycles. The summed E-state index contributed by atoms with van der Waals surface area (Å²) >= 11 is 0. The van der Waals surface area contributed by atoms with Gasteiger partial charge in [-0.3, -0.25) is 0 Å². The maximum absolute atomic E-state index is 10.8. The molecule has 1 heterocycles. The molecule has 0 unspecified atom stereocenters. The third-order valence-electron chi connectivity index (χ3n) is 2.94. The van der Waals surface area contributed by atoms with Crippen molar-refractivity contribution in [1.29, 1.82) is 0 Å². The summed E-state index contributed by atoms with van der Waals surface area (Å²) in [5, 5.41) is 8.86. The van der Waals surface area contributed by atoms with Crippen molar-refractivity contribution in [1.82, 2.24) is 0 Å². The Hall–Kier alpha value is -1.39. The van der Waals surface area contributed by atoms with Gasteiger partial charge in [0.2, 0.25) is 0 Å². The average Bonchev–Trinajstić information content (AvgIpc) is 2.65. The Kier molecular flexibility index (Phi) is 3.17. The normalized spacial score (nSPS) is 23.9. The lowest BCUT2D eigenvalue weighted by molar-refractivity contribution is -0.150. The first-order valence-electron chi connectivity index (χ1n) is 5.56. The summed E-state index contributed by atoms with van der Waals surface area (Å²) in [6.07, 6.45) is -1.42. The molecule has 4 heteroatoms. The van der Waals surface area contributed by atoms with Gasteiger partial charge in [-0.05, 0) is 31.9 Å². The van der Waals surface area contributed by atoms with Gasteiger partial charge in [-0.25, -0.2) is 4.79 Å². The SMILES string of the molecule is Cc1cc(C)c([C@H]2OC[C@@H](C(=O)O)O2)c(C)c1. The predicted molar refractivity (Wildman–Crippen MR) is 61.9 cm³/mol. The third-order valence-corrected chi connectivity index (χ3v) is 2.94. The van der Waals surface area contributed by atoms with Crippen molar-refractivity contribution < 1.29 is 19.4 Å². The summed E-state index contributed by atoms with van der Waals surface area (Å²) in [6, 6.07) is 4.09. The lowest BCUT2D eigenvalue weighted by Gasteiger charge is -2.16. The molecule has 1 fully saturated rings. The zero-order valence-corrected chi connectivity index (χ0v) is 10.2. The zero-order valence-electron chi connectivity index (χ0n) is 10.2. The summed E-state index contributed by atoms with van der Waals surface area (Å²) in [6.45, 7) is 6.10. The molecule has 0 spiro atoms. The van der Waals surface area contributed by atoms with E-state index >= 15 is 0 Å². The van der Waals surface area contributed by atoms with Crippen LogP contribution in [0.3, 0.4) is 0 Å². The monoisotopic (exact) mass is 236 g/mol. The molecule has 4 nitrogen and oxygen atoms in total. The molecule has 1 saturated heterocycles. The molecule has 0 aliphatic carbocycles. The molecule has 1 N–H and O–H groups in total. The van der Waals surface area contributed by atoms with Crippen LogP contribution >= 0.6 is 0 Å². The molecule has 0 bridgehead atoms. The molecule has 1 aliphatic heterocycles. The second-order valence-corrected chi connectivity index (χ2v) is 4.44. The third kappa shape index (κ3) is 2.33. The van der Waals surface area contributed by atoms with Crippen LogP contribution in [0, 0.1) is 20.8 Å². The summed E-state index contributed by atoms with van der Waals surface area (Å²) in [4.78, 5) is 10.8. The fourth-order valence-electron chi connectivity index (χ4n) is 2.25. The quantitative estimate of drug-likeness (QED) is 0.854. The van der Waals surface area contributed by atoms with Gasteiger partial charge in [-0.2, -0.15) is 0 Å². The number of benzene rings is 1. The van der Waals surface area contributed by atoms with Gasteiger partial charge in [-0.15, -0.1) is 0 Å². The molecular weight excluding hydrogens is 220 g/mol. The van der Waals surface area contributed by atoms with Crippen molar-refractivity contribution in [2.75, 3.05) is 6.61 Å². The van der Waals surface area contributed by atoms with Gasteiger partial charge in [-0.1, -0.05) is 17.7 Å². The van der Waals surface area contributed by atoms with Crippen LogP contribution in [0.4, 0.5) is 0 Å². The molecule has 0 saturated carbocycles. The summed E-state index contributed by atoms with van der Waals surface area (Å²) < 4.78 is 10.8. The number of hydrogen-bond acceptors (Lipinski definition) is 3. The number of carboxylic acids is 1. The summed E-state index contributed by atoms with van der Waals surface area (Å²) in [5.41, 5.74) is 4.26. The Morgan fingerprint density at radius 3 is 2.35 bits per heavy atom. The highest BCUT2D eigenvalue weighted by atomic mass is 16.7. The van der Waals surface area contributed by atoms with E-state index in [1.54, 1.807) is 0 Å². The highest BCUT2D eigenvalue weighted by Gasteiger charge is 2.33. The number of carboxylic acid groups (broad SMARTS) is 1. The lowest BCUT2D eigenvalue weighted by atomic mass is 9.99. The van der Waals surface area contributed by atoms with Gasteiger partial charge < -0.3 is 14.6 Å². The number of rotatable bonds is 2. The van der Waals surface area contributed by atoms with Crippen molar-refractivity contribution in [2.24, 2.45) is 0 Å². The van der Waals surface area contributed by atoms with Gasteiger partial charge in [0.25, 0.3) is 0 Å². The minimum Gasteiger partial charge on any atom is -0.479 e. The fourth-order valence-corrected chi connectivity index (χ4v) is 2.25. The first-order valence-corrected chi connectivity index (χ1v) is 5.56. The smallest absolute Gasteiger partial charge is 0.335 e. The maximum Gasteiger partial charge on any atom is 0.335 e. The highest BCUT2D eigenvalue weighted by Crippen LogP contribution is 2.32. The second kappa shape index (κ2) is 4.47. The Balaban J connectivity index is 2.27. The Morgan fingerprint density at radius 1 is 1.29 bits per heavy atom. The van der Waals surface area contributed by atoms with Crippen LogP contribution in [0.15, 0.2) is 12.1 Å². The van der Waals surface area contributed by atoms with Crippen molar-refractivity contribution >= 4 is 5.97 Å². The van der Waals surface area contributed by atoms with E-state index in [0.29, 0.717) is 0 Å². The Bertz CT molecular complexity index is 430. The minimum atomic E-state index is -0.977. The van der Waals surface area contributed by atoms with E-state index in [9.17, 15) is 4.79 Å². The van der Waals surface area contributed by atoms with Crippen LogP contribution < -0.4 is 0 Å².